The van der Waals surface area contributed by atoms with Crippen LogP contribution in [-0.4, -0.2) is 37.3 Å². The zero-order chi connectivity index (χ0) is 20.6. The molecule has 0 aliphatic rings. The Kier molecular flexibility index (Phi) is 7.04. The van der Waals surface area contributed by atoms with Crippen LogP contribution in [-0.2, 0) is 0 Å². The molecule has 0 amide bonds. The van der Waals surface area contributed by atoms with E-state index in [9.17, 15) is 5.11 Å². The van der Waals surface area contributed by atoms with Gasteiger partial charge in [0.2, 0.25) is 0 Å². The van der Waals surface area contributed by atoms with Crippen molar-refractivity contribution < 1.29 is 5.11 Å². The van der Waals surface area contributed by atoms with E-state index in [1.54, 1.807) is 12.1 Å². The van der Waals surface area contributed by atoms with Gasteiger partial charge in [-0.25, -0.2) is 4.98 Å². The lowest BCUT2D eigenvalue weighted by molar-refractivity contribution is 0.475. The minimum Gasteiger partial charge on any atom is -0.508 e. The number of aromatic nitrogens is 1. The molecule has 0 radical (unpaired) electrons. The number of phenols is 1. The largest absolute Gasteiger partial charge is 0.508 e. The summed E-state index contributed by atoms with van der Waals surface area (Å²) >= 11 is 0. The first kappa shape index (κ1) is 20.6. The Bertz CT molecular complexity index is 932. The van der Waals surface area contributed by atoms with Crippen LogP contribution < -0.4 is 10.2 Å². The summed E-state index contributed by atoms with van der Waals surface area (Å²) in [6.45, 7) is 3.98. The fourth-order valence-corrected chi connectivity index (χ4v) is 3.46. The summed E-state index contributed by atoms with van der Waals surface area (Å²) in [6.07, 6.45) is 2.84. The second kappa shape index (κ2) is 9.89. The highest BCUT2D eigenvalue weighted by molar-refractivity contribution is 5.98. The van der Waals surface area contributed by atoms with Crippen molar-refractivity contribution in [1.29, 1.82) is 0 Å². The highest BCUT2D eigenvalue weighted by atomic mass is 16.3. The maximum atomic E-state index is 9.75. The highest BCUT2D eigenvalue weighted by Gasteiger charge is 2.14. The number of hydrogen-bond donors (Lipinski definition) is 2. The minimum atomic E-state index is 0.269. The van der Waals surface area contributed by atoms with Crippen LogP contribution >= 0.6 is 0 Å². The van der Waals surface area contributed by atoms with Gasteiger partial charge in [0, 0.05) is 31.9 Å². The Morgan fingerprint density at radius 1 is 0.931 bits per heavy atom. The van der Waals surface area contributed by atoms with Gasteiger partial charge in [-0.3, -0.25) is 0 Å². The minimum absolute atomic E-state index is 0.269. The van der Waals surface area contributed by atoms with E-state index in [1.807, 2.05) is 31.4 Å². The topological polar surface area (TPSA) is 48.4 Å². The lowest BCUT2D eigenvalue weighted by atomic mass is 9.89. The molecule has 3 rings (SSSR count). The molecule has 0 saturated carbocycles. The molecule has 0 atom stereocenters. The van der Waals surface area contributed by atoms with Gasteiger partial charge < -0.3 is 15.3 Å². The number of rotatable bonds is 8. The third kappa shape index (κ3) is 5.04. The van der Waals surface area contributed by atoms with Crippen LogP contribution in [0.5, 0.6) is 5.75 Å². The number of phenolic OH excluding ortho intramolecular Hbond substituents is 1. The van der Waals surface area contributed by atoms with Gasteiger partial charge in [0.15, 0.2) is 0 Å². The third-order valence-corrected chi connectivity index (χ3v) is 5.06. The van der Waals surface area contributed by atoms with E-state index < -0.39 is 0 Å². The van der Waals surface area contributed by atoms with Crippen LogP contribution in [0.25, 0.3) is 11.1 Å². The normalized spacial score (nSPS) is 11.8. The van der Waals surface area contributed by atoms with E-state index in [-0.39, 0.29) is 5.75 Å². The molecule has 0 fully saturated rings. The summed E-state index contributed by atoms with van der Waals surface area (Å²) in [7, 11) is 4.01. The zero-order valence-electron chi connectivity index (χ0n) is 17.4. The second-order valence-corrected chi connectivity index (χ2v) is 7.05. The van der Waals surface area contributed by atoms with Crippen LogP contribution in [0, 0.1) is 0 Å². The molecule has 29 heavy (non-hydrogen) atoms. The van der Waals surface area contributed by atoms with Crippen LogP contribution in [0.1, 0.15) is 30.0 Å². The molecule has 0 saturated heterocycles. The van der Waals surface area contributed by atoms with Gasteiger partial charge >= 0.3 is 0 Å². The predicted molar refractivity (Wildman–Crippen MR) is 122 cm³/mol. The number of nitrogens with zero attached hydrogens (tertiary/aromatic N) is 2. The molecule has 4 heteroatoms. The monoisotopic (exact) mass is 387 g/mol. The van der Waals surface area contributed by atoms with Crippen molar-refractivity contribution in [3.63, 3.8) is 0 Å². The summed E-state index contributed by atoms with van der Waals surface area (Å²) in [6, 6.07) is 22.1. The maximum Gasteiger partial charge on any atom is 0.128 e. The summed E-state index contributed by atoms with van der Waals surface area (Å²) in [5, 5.41) is 12.9. The summed E-state index contributed by atoms with van der Waals surface area (Å²) in [5.74, 6) is 1.22. The number of allylic oxidation sites excluding steroid dienone is 1. The molecule has 0 aliphatic heterocycles. The number of hydrogen-bond acceptors (Lipinski definition) is 4. The van der Waals surface area contributed by atoms with Crippen LogP contribution in [0.15, 0.2) is 72.9 Å². The van der Waals surface area contributed by atoms with Gasteiger partial charge in [-0.05, 0) is 60.0 Å². The first-order valence-corrected chi connectivity index (χ1v) is 10.0. The average molecular weight is 388 g/mol. The number of anilines is 1. The van der Waals surface area contributed by atoms with Crippen molar-refractivity contribution in [1.82, 2.24) is 10.3 Å². The van der Waals surface area contributed by atoms with Crippen LogP contribution in [0.4, 0.5) is 5.82 Å². The molecule has 2 N–H and O–H groups in total. The lowest BCUT2D eigenvalue weighted by Gasteiger charge is -2.20. The molecule has 0 spiro atoms. The lowest BCUT2D eigenvalue weighted by Crippen LogP contribution is -2.27. The summed E-state index contributed by atoms with van der Waals surface area (Å²) < 4.78 is 0. The molecule has 1 heterocycles. The number of likely N-dealkylation sites (N-methyl/N-ethyl adjacent to an activating group) is 2. The third-order valence-electron chi connectivity index (χ3n) is 5.06. The number of nitrogens with one attached hydrogen (secondary N) is 1. The Balaban J connectivity index is 2.08. The molecular weight excluding hydrogens is 358 g/mol. The molecule has 150 valence electrons. The Hall–Kier alpha value is -3.11. The molecular formula is C25H29N3O. The summed E-state index contributed by atoms with van der Waals surface area (Å²) in [5.41, 5.74) is 5.75. The number of pyridine rings is 1. The molecule has 0 bridgehead atoms. The molecule has 0 aliphatic carbocycles. The van der Waals surface area contributed by atoms with E-state index in [1.165, 1.54) is 11.1 Å². The number of aromatic hydroxyl groups is 1. The Morgan fingerprint density at radius 2 is 1.62 bits per heavy atom. The Labute approximate surface area is 173 Å². The number of benzene rings is 2. The molecule has 0 unspecified atom stereocenters. The molecule has 4 nitrogen and oxygen atoms in total. The fraction of sp³-hybridized carbons (Fsp3) is 0.240. The van der Waals surface area contributed by atoms with Gasteiger partial charge in [-0.15, -0.1) is 0 Å². The maximum absolute atomic E-state index is 9.75. The highest BCUT2D eigenvalue weighted by Crippen LogP contribution is 2.35. The molecule has 1 aromatic heterocycles. The van der Waals surface area contributed by atoms with Gasteiger partial charge in [0.1, 0.15) is 11.6 Å². The van der Waals surface area contributed by atoms with Crippen LogP contribution in [0.2, 0.25) is 0 Å². The van der Waals surface area contributed by atoms with Gasteiger partial charge in [-0.1, -0.05) is 49.4 Å². The van der Waals surface area contributed by atoms with Crippen LogP contribution in [0.3, 0.4) is 0 Å². The van der Waals surface area contributed by atoms with Crippen molar-refractivity contribution in [2.45, 2.75) is 13.3 Å². The van der Waals surface area contributed by atoms with Gasteiger partial charge in [0.05, 0.1) is 0 Å². The van der Waals surface area contributed by atoms with E-state index in [4.69, 9.17) is 4.98 Å². The first-order valence-electron chi connectivity index (χ1n) is 10.0. The quantitative estimate of drug-likeness (QED) is 0.545. The molecule has 2 aromatic carbocycles. The predicted octanol–water partition coefficient (Wildman–Crippen LogP) is 4.81. The van der Waals surface area contributed by atoms with Crippen molar-refractivity contribution >= 4 is 17.0 Å². The summed E-state index contributed by atoms with van der Waals surface area (Å²) in [4.78, 5) is 6.86. The zero-order valence-corrected chi connectivity index (χ0v) is 17.4. The van der Waals surface area contributed by atoms with Crippen molar-refractivity contribution in [3.8, 4) is 5.75 Å². The second-order valence-electron chi connectivity index (χ2n) is 7.05. The van der Waals surface area contributed by atoms with Gasteiger partial charge in [-0.2, -0.15) is 0 Å². The van der Waals surface area contributed by atoms with E-state index in [0.717, 1.165) is 42.0 Å². The molecule has 3 aromatic rings. The Morgan fingerprint density at radius 3 is 2.21 bits per heavy atom. The van der Waals surface area contributed by atoms with Gasteiger partial charge in [0.25, 0.3) is 0 Å². The standard InChI is InChI=1S/C25H29N3O/c1-4-23(19-8-6-5-7-9-19)25(20-10-13-22(29)14-11-20)21-12-15-24(27-18-21)28(3)17-16-26-2/h5-15,18,26,29H,4,16-17H2,1-3H3. The van der Waals surface area contributed by atoms with Crippen molar-refractivity contribution in [3.05, 3.63) is 89.6 Å². The van der Waals surface area contributed by atoms with E-state index >= 15 is 0 Å². The smallest absolute Gasteiger partial charge is 0.128 e. The SMILES string of the molecule is CCC(=C(c1ccc(O)cc1)c1ccc(N(C)CCNC)nc1)c1ccccc1. The van der Waals surface area contributed by atoms with E-state index in [0.29, 0.717) is 0 Å². The average Bonchev–Trinajstić information content (AvgIpc) is 2.77. The van der Waals surface area contributed by atoms with Crippen molar-refractivity contribution in [2.24, 2.45) is 0 Å². The fourth-order valence-electron chi connectivity index (χ4n) is 3.46. The van der Waals surface area contributed by atoms with E-state index in [2.05, 4.69) is 60.6 Å². The van der Waals surface area contributed by atoms with Crippen molar-refractivity contribution in [2.75, 3.05) is 32.1 Å². The first-order chi connectivity index (χ1) is 14.1.